The average molecular weight is 425 g/mol. The molecule has 5 nitrogen and oxygen atoms in total. The molecule has 3 aromatic carbocycles. The Kier molecular flexibility index (Phi) is 5.58. The molecule has 0 saturated carbocycles. The molecule has 0 atom stereocenters. The second kappa shape index (κ2) is 7.70. The van der Waals surface area contributed by atoms with Crippen LogP contribution in [-0.2, 0) is 15.4 Å². The topological polar surface area (TPSA) is 91.7 Å². The van der Waals surface area contributed by atoms with Gasteiger partial charge in [-0.1, -0.05) is 72.8 Å². The van der Waals surface area contributed by atoms with Crippen LogP contribution in [0, 0.1) is 0 Å². The van der Waals surface area contributed by atoms with Gasteiger partial charge in [0.25, 0.3) is 0 Å². The van der Waals surface area contributed by atoms with Gasteiger partial charge in [0.15, 0.2) is 9.84 Å². The van der Waals surface area contributed by atoms with E-state index in [0.717, 1.165) is 0 Å². The fourth-order valence-electron chi connectivity index (χ4n) is 3.42. The van der Waals surface area contributed by atoms with Crippen molar-refractivity contribution < 1.29 is 23.4 Å². The Hall–Kier alpha value is -2.96. The van der Waals surface area contributed by atoms with Crippen LogP contribution in [0.2, 0.25) is 0 Å². The van der Waals surface area contributed by atoms with Crippen LogP contribution >= 0.6 is 0 Å². The predicted octanol–water partition coefficient (Wildman–Crippen LogP) is 4.24. The van der Waals surface area contributed by atoms with Crippen molar-refractivity contribution in [2.45, 2.75) is 36.0 Å². The molecule has 0 heterocycles. The van der Waals surface area contributed by atoms with Crippen molar-refractivity contribution >= 4 is 15.8 Å². The third-order valence-electron chi connectivity index (χ3n) is 5.09. The van der Waals surface area contributed by atoms with E-state index in [1.165, 1.54) is 39.0 Å². The Balaban J connectivity index is 2.51. The number of carboxylic acid groups (broad SMARTS) is 1. The number of sulfone groups is 1. The van der Waals surface area contributed by atoms with Crippen molar-refractivity contribution in [1.82, 2.24) is 0 Å². The lowest BCUT2D eigenvalue weighted by molar-refractivity contribution is 0.0690. The van der Waals surface area contributed by atoms with E-state index in [-0.39, 0.29) is 16.0 Å². The molecule has 0 aliphatic heterocycles. The van der Waals surface area contributed by atoms with E-state index < -0.39 is 26.2 Å². The van der Waals surface area contributed by atoms with Gasteiger partial charge >= 0.3 is 5.97 Å². The summed E-state index contributed by atoms with van der Waals surface area (Å²) in [4.78, 5) is 11.6. The molecule has 3 aromatic rings. The van der Waals surface area contributed by atoms with Gasteiger partial charge in [0.05, 0.1) is 15.2 Å². The molecule has 0 bridgehead atoms. The Morgan fingerprint density at radius 1 is 0.767 bits per heavy atom. The number of benzene rings is 3. The molecule has 0 fully saturated rings. The second-order valence-electron chi connectivity index (χ2n) is 8.05. The minimum absolute atomic E-state index is 0.00900. The quantitative estimate of drug-likeness (QED) is 0.598. The molecule has 2 N–H and O–H groups in total. The number of carbonyl (C=O) groups is 1. The lowest BCUT2D eigenvalue weighted by atomic mass is 9.80. The van der Waals surface area contributed by atoms with Crippen LogP contribution in [0.5, 0.6) is 0 Å². The smallest absolute Gasteiger partial charge is 0.337 e. The monoisotopic (exact) mass is 424 g/mol. The summed E-state index contributed by atoms with van der Waals surface area (Å²) in [5.74, 6) is -1.37. The number of aliphatic hydroxyl groups is 1. The van der Waals surface area contributed by atoms with Crippen molar-refractivity contribution in [2.75, 3.05) is 0 Å². The van der Waals surface area contributed by atoms with Crippen LogP contribution in [0.25, 0.3) is 0 Å². The summed E-state index contributed by atoms with van der Waals surface area (Å²) >= 11 is 0. The lowest BCUT2D eigenvalue weighted by Crippen LogP contribution is -2.36. The normalized spacial score (nSPS) is 12.5. The van der Waals surface area contributed by atoms with Crippen LogP contribution in [-0.4, -0.2) is 29.3 Å². The Labute approximate surface area is 176 Å². The Morgan fingerprint density at radius 2 is 1.23 bits per heavy atom. The average Bonchev–Trinajstić information content (AvgIpc) is 2.73. The molecule has 30 heavy (non-hydrogen) atoms. The number of rotatable bonds is 5. The van der Waals surface area contributed by atoms with E-state index in [1.807, 2.05) is 0 Å². The summed E-state index contributed by atoms with van der Waals surface area (Å²) in [7, 11) is -4.12. The lowest BCUT2D eigenvalue weighted by Gasteiger charge is -2.33. The number of hydrogen-bond acceptors (Lipinski definition) is 4. The zero-order valence-corrected chi connectivity index (χ0v) is 17.8. The van der Waals surface area contributed by atoms with Crippen LogP contribution in [0.4, 0.5) is 0 Å². The standard InChI is InChI=1S/C24H24O5S/c1-23(2,3)30(28,29)21-19(22(25)26)15-10-16-20(21)24(27,17-11-6-4-7-12-17)18-13-8-5-9-14-18/h4-16,27H,1-3H3,(H,25,26). The maximum absolute atomic E-state index is 13.5. The first kappa shape index (κ1) is 21.7. The van der Waals surface area contributed by atoms with Gasteiger partial charge < -0.3 is 10.2 Å². The van der Waals surface area contributed by atoms with Crippen LogP contribution in [0.3, 0.4) is 0 Å². The first-order valence-corrected chi connectivity index (χ1v) is 10.9. The maximum atomic E-state index is 13.5. The molecule has 0 amide bonds. The molecular formula is C24H24O5S. The molecule has 3 rings (SSSR count). The zero-order valence-electron chi connectivity index (χ0n) is 17.0. The van der Waals surface area contributed by atoms with Gasteiger partial charge in [0.2, 0.25) is 0 Å². The van der Waals surface area contributed by atoms with Crippen molar-refractivity contribution in [3.63, 3.8) is 0 Å². The molecule has 0 aliphatic rings. The van der Waals surface area contributed by atoms with Gasteiger partial charge in [-0.3, -0.25) is 0 Å². The highest BCUT2D eigenvalue weighted by molar-refractivity contribution is 7.92. The van der Waals surface area contributed by atoms with E-state index >= 15 is 0 Å². The SMILES string of the molecule is CC(C)(C)S(=O)(=O)c1c(C(=O)O)cccc1C(O)(c1ccccc1)c1ccccc1. The molecule has 0 saturated heterocycles. The van der Waals surface area contributed by atoms with Gasteiger partial charge in [-0.15, -0.1) is 0 Å². The number of aromatic carboxylic acids is 1. The Morgan fingerprint density at radius 3 is 1.63 bits per heavy atom. The van der Waals surface area contributed by atoms with E-state index in [4.69, 9.17) is 0 Å². The highest BCUT2D eigenvalue weighted by atomic mass is 32.2. The van der Waals surface area contributed by atoms with Crippen molar-refractivity contribution in [2.24, 2.45) is 0 Å². The van der Waals surface area contributed by atoms with Gasteiger partial charge in [-0.05, 0) is 38.0 Å². The van der Waals surface area contributed by atoms with Crippen molar-refractivity contribution in [1.29, 1.82) is 0 Å². The zero-order chi connectivity index (χ0) is 22.2. The Bertz CT molecular complexity index is 1120. The van der Waals surface area contributed by atoms with Gasteiger partial charge in [-0.25, -0.2) is 13.2 Å². The molecule has 0 aromatic heterocycles. The summed E-state index contributed by atoms with van der Waals surface area (Å²) in [6.45, 7) is 4.53. The van der Waals surface area contributed by atoms with Crippen molar-refractivity contribution in [3.8, 4) is 0 Å². The third-order valence-corrected chi connectivity index (χ3v) is 7.68. The molecule has 6 heteroatoms. The minimum atomic E-state index is -4.12. The summed E-state index contributed by atoms with van der Waals surface area (Å²) in [5, 5.41) is 21.9. The number of hydrogen-bond donors (Lipinski definition) is 2. The van der Waals surface area contributed by atoms with Gasteiger partial charge in [-0.2, -0.15) is 0 Å². The number of carboxylic acids is 1. The van der Waals surface area contributed by atoms with Gasteiger partial charge in [0, 0.05) is 5.56 Å². The van der Waals surface area contributed by atoms with E-state index in [0.29, 0.717) is 11.1 Å². The highest BCUT2D eigenvalue weighted by Gasteiger charge is 2.43. The summed E-state index contributed by atoms with van der Waals surface area (Å²) < 4.78 is 25.8. The first-order valence-electron chi connectivity index (χ1n) is 9.46. The third kappa shape index (κ3) is 3.53. The molecule has 156 valence electrons. The first-order chi connectivity index (χ1) is 14.0. The molecule has 0 spiro atoms. The van der Waals surface area contributed by atoms with E-state index in [1.54, 1.807) is 60.7 Å². The molecular weight excluding hydrogens is 400 g/mol. The fraction of sp³-hybridized carbons (Fsp3) is 0.208. The summed E-state index contributed by atoms with van der Waals surface area (Å²) in [5.41, 5.74) is -1.36. The highest BCUT2D eigenvalue weighted by Crippen LogP contribution is 2.42. The summed E-state index contributed by atoms with van der Waals surface area (Å²) in [6, 6.07) is 21.5. The van der Waals surface area contributed by atoms with Crippen molar-refractivity contribution in [3.05, 3.63) is 101 Å². The van der Waals surface area contributed by atoms with E-state index in [9.17, 15) is 23.4 Å². The fourth-order valence-corrected chi connectivity index (χ4v) is 4.98. The summed E-state index contributed by atoms with van der Waals surface area (Å²) in [6.07, 6.45) is 0. The molecule has 0 aliphatic carbocycles. The van der Waals surface area contributed by atoms with Crippen LogP contribution < -0.4 is 0 Å². The van der Waals surface area contributed by atoms with E-state index in [2.05, 4.69) is 0 Å². The van der Waals surface area contributed by atoms with Gasteiger partial charge in [0.1, 0.15) is 5.60 Å². The predicted molar refractivity (Wildman–Crippen MR) is 115 cm³/mol. The molecule has 0 unspecified atom stereocenters. The minimum Gasteiger partial charge on any atom is -0.478 e. The second-order valence-corrected chi connectivity index (χ2v) is 10.7. The molecule has 0 radical (unpaired) electrons. The maximum Gasteiger partial charge on any atom is 0.337 e. The van der Waals surface area contributed by atoms with Crippen LogP contribution in [0.15, 0.2) is 83.8 Å². The van der Waals surface area contributed by atoms with Crippen LogP contribution in [0.1, 0.15) is 47.8 Å². The largest absolute Gasteiger partial charge is 0.478 e.